The van der Waals surface area contributed by atoms with Crippen LogP contribution in [0.15, 0.2) is 42.5 Å². The molecule has 0 aliphatic heterocycles. The van der Waals surface area contributed by atoms with Gasteiger partial charge >= 0.3 is 0 Å². The maximum atomic E-state index is 5.21. The molecule has 1 nitrogen and oxygen atoms in total. The molecule has 0 aliphatic carbocycles. The smallest absolute Gasteiger partial charge is 0.118 e. The summed E-state index contributed by atoms with van der Waals surface area (Å²) in [6, 6.07) is 15.1. The van der Waals surface area contributed by atoms with Gasteiger partial charge in [-0.05, 0) is 54.2 Å². The van der Waals surface area contributed by atoms with Crippen LogP contribution in [0.25, 0.3) is 11.1 Å². The second-order valence-corrected chi connectivity index (χ2v) is 5.33. The standard InChI is InChI=1S/C19H24O/c1-4-5-6-7-16-8-13-19(15(2)14-16)17-9-11-18(20-3)12-10-17/h8-14H,4-7H2,1-3H3. The number of ether oxygens (including phenoxy) is 1. The number of hydrogen-bond donors (Lipinski definition) is 0. The normalized spacial score (nSPS) is 10.6. The van der Waals surface area contributed by atoms with Gasteiger partial charge in [0.1, 0.15) is 5.75 Å². The number of rotatable bonds is 6. The van der Waals surface area contributed by atoms with Crippen molar-refractivity contribution in [3.05, 3.63) is 53.6 Å². The van der Waals surface area contributed by atoms with Gasteiger partial charge in [-0.1, -0.05) is 50.1 Å². The first-order valence-electron chi connectivity index (χ1n) is 7.48. The lowest BCUT2D eigenvalue weighted by atomic mass is 9.96. The summed E-state index contributed by atoms with van der Waals surface area (Å²) in [7, 11) is 1.70. The number of methoxy groups -OCH3 is 1. The fourth-order valence-electron chi connectivity index (χ4n) is 2.55. The fraction of sp³-hybridized carbons (Fsp3) is 0.368. The van der Waals surface area contributed by atoms with Crippen molar-refractivity contribution in [3.63, 3.8) is 0 Å². The van der Waals surface area contributed by atoms with Gasteiger partial charge in [-0.2, -0.15) is 0 Å². The SMILES string of the molecule is CCCCCc1ccc(-c2ccc(OC)cc2)c(C)c1. The molecule has 0 saturated heterocycles. The van der Waals surface area contributed by atoms with Crippen molar-refractivity contribution in [2.75, 3.05) is 7.11 Å². The first kappa shape index (κ1) is 14.6. The molecule has 0 atom stereocenters. The lowest BCUT2D eigenvalue weighted by molar-refractivity contribution is 0.415. The Kier molecular flexibility index (Phi) is 5.23. The first-order chi connectivity index (χ1) is 9.74. The summed E-state index contributed by atoms with van der Waals surface area (Å²) in [6.07, 6.45) is 5.08. The van der Waals surface area contributed by atoms with Crippen molar-refractivity contribution in [3.8, 4) is 16.9 Å². The largest absolute Gasteiger partial charge is 0.497 e. The average molecular weight is 268 g/mol. The topological polar surface area (TPSA) is 9.23 Å². The van der Waals surface area contributed by atoms with Gasteiger partial charge in [0.15, 0.2) is 0 Å². The van der Waals surface area contributed by atoms with E-state index >= 15 is 0 Å². The van der Waals surface area contributed by atoms with Gasteiger partial charge in [0, 0.05) is 0 Å². The molecular formula is C19H24O. The number of benzene rings is 2. The molecule has 0 spiro atoms. The second-order valence-electron chi connectivity index (χ2n) is 5.33. The van der Waals surface area contributed by atoms with E-state index in [2.05, 4.69) is 44.2 Å². The van der Waals surface area contributed by atoms with Crippen molar-refractivity contribution >= 4 is 0 Å². The maximum Gasteiger partial charge on any atom is 0.118 e. The molecule has 106 valence electrons. The van der Waals surface area contributed by atoms with Crippen LogP contribution in [0.5, 0.6) is 5.75 Å². The molecule has 0 fully saturated rings. The van der Waals surface area contributed by atoms with Gasteiger partial charge in [-0.25, -0.2) is 0 Å². The van der Waals surface area contributed by atoms with E-state index in [9.17, 15) is 0 Å². The zero-order valence-corrected chi connectivity index (χ0v) is 12.8. The van der Waals surface area contributed by atoms with E-state index in [-0.39, 0.29) is 0 Å². The van der Waals surface area contributed by atoms with E-state index in [0.717, 1.165) is 5.75 Å². The Bertz CT molecular complexity index is 540. The van der Waals surface area contributed by atoms with E-state index in [1.165, 1.54) is 47.9 Å². The zero-order valence-electron chi connectivity index (χ0n) is 12.8. The number of hydrogen-bond acceptors (Lipinski definition) is 1. The highest BCUT2D eigenvalue weighted by Gasteiger charge is 2.03. The highest BCUT2D eigenvalue weighted by Crippen LogP contribution is 2.26. The summed E-state index contributed by atoms with van der Waals surface area (Å²) < 4.78 is 5.21. The van der Waals surface area contributed by atoms with Gasteiger partial charge in [0.05, 0.1) is 7.11 Å². The van der Waals surface area contributed by atoms with Gasteiger partial charge in [-0.15, -0.1) is 0 Å². The monoisotopic (exact) mass is 268 g/mol. The molecule has 0 heterocycles. The third-order valence-corrected chi connectivity index (χ3v) is 3.76. The van der Waals surface area contributed by atoms with Crippen molar-refractivity contribution in [1.29, 1.82) is 0 Å². The average Bonchev–Trinajstić information content (AvgIpc) is 2.48. The van der Waals surface area contributed by atoms with Crippen LogP contribution in [-0.2, 0) is 6.42 Å². The molecule has 0 bridgehead atoms. The number of unbranched alkanes of at least 4 members (excludes halogenated alkanes) is 2. The van der Waals surface area contributed by atoms with E-state index in [1.54, 1.807) is 7.11 Å². The molecular weight excluding hydrogens is 244 g/mol. The minimum Gasteiger partial charge on any atom is -0.497 e. The van der Waals surface area contributed by atoms with Crippen molar-refractivity contribution in [1.82, 2.24) is 0 Å². The summed E-state index contributed by atoms with van der Waals surface area (Å²) in [4.78, 5) is 0. The van der Waals surface area contributed by atoms with Crippen LogP contribution < -0.4 is 4.74 Å². The highest BCUT2D eigenvalue weighted by atomic mass is 16.5. The molecule has 0 unspecified atom stereocenters. The minimum atomic E-state index is 0.905. The van der Waals surface area contributed by atoms with E-state index in [4.69, 9.17) is 4.74 Å². The molecule has 1 heteroatoms. The zero-order chi connectivity index (χ0) is 14.4. The van der Waals surface area contributed by atoms with Crippen molar-refractivity contribution in [2.24, 2.45) is 0 Å². The third-order valence-electron chi connectivity index (χ3n) is 3.76. The Labute approximate surface area is 122 Å². The Balaban J connectivity index is 2.15. The van der Waals surface area contributed by atoms with E-state index in [1.807, 2.05) is 12.1 Å². The summed E-state index contributed by atoms with van der Waals surface area (Å²) in [5.41, 5.74) is 5.37. The molecule has 20 heavy (non-hydrogen) atoms. The lowest BCUT2D eigenvalue weighted by Crippen LogP contribution is -1.90. The molecule has 0 radical (unpaired) electrons. The summed E-state index contributed by atoms with van der Waals surface area (Å²) >= 11 is 0. The van der Waals surface area contributed by atoms with Crippen LogP contribution in [0.1, 0.15) is 37.3 Å². The Hall–Kier alpha value is -1.76. The van der Waals surface area contributed by atoms with Crippen LogP contribution in [0, 0.1) is 6.92 Å². The van der Waals surface area contributed by atoms with E-state index < -0.39 is 0 Å². The van der Waals surface area contributed by atoms with Gasteiger partial charge in [-0.3, -0.25) is 0 Å². The maximum absolute atomic E-state index is 5.21. The highest BCUT2D eigenvalue weighted by molar-refractivity contribution is 5.68. The molecule has 0 aromatic heterocycles. The van der Waals surface area contributed by atoms with Crippen molar-refractivity contribution < 1.29 is 4.74 Å². The number of aryl methyl sites for hydroxylation is 2. The minimum absolute atomic E-state index is 0.905. The molecule has 2 aromatic rings. The summed E-state index contributed by atoms with van der Waals surface area (Å²) in [5.74, 6) is 0.905. The molecule has 0 amide bonds. The fourth-order valence-corrected chi connectivity index (χ4v) is 2.55. The Morgan fingerprint density at radius 3 is 2.30 bits per heavy atom. The van der Waals surface area contributed by atoms with Crippen LogP contribution in [0.2, 0.25) is 0 Å². The van der Waals surface area contributed by atoms with Gasteiger partial charge < -0.3 is 4.74 Å². The lowest BCUT2D eigenvalue weighted by Gasteiger charge is -2.10. The second kappa shape index (κ2) is 7.14. The van der Waals surface area contributed by atoms with Crippen LogP contribution in [0.4, 0.5) is 0 Å². The van der Waals surface area contributed by atoms with Crippen LogP contribution >= 0.6 is 0 Å². The van der Waals surface area contributed by atoms with Gasteiger partial charge in [0.25, 0.3) is 0 Å². The quantitative estimate of drug-likeness (QED) is 0.637. The van der Waals surface area contributed by atoms with Crippen LogP contribution in [-0.4, -0.2) is 7.11 Å². The Morgan fingerprint density at radius 1 is 0.950 bits per heavy atom. The molecule has 2 rings (SSSR count). The Morgan fingerprint density at radius 2 is 1.70 bits per heavy atom. The molecule has 2 aromatic carbocycles. The third kappa shape index (κ3) is 3.63. The summed E-state index contributed by atoms with van der Waals surface area (Å²) in [6.45, 7) is 4.45. The first-order valence-corrected chi connectivity index (χ1v) is 7.48. The predicted molar refractivity (Wildman–Crippen MR) is 86.4 cm³/mol. The molecule has 0 N–H and O–H groups in total. The predicted octanol–water partition coefficient (Wildman–Crippen LogP) is 5.40. The van der Waals surface area contributed by atoms with Crippen LogP contribution in [0.3, 0.4) is 0 Å². The van der Waals surface area contributed by atoms with E-state index in [0.29, 0.717) is 0 Å². The molecule has 0 aliphatic rings. The van der Waals surface area contributed by atoms with Gasteiger partial charge in [0.2, 0.25) is 0 Å². The van der Waals surface area contributed by atoms with Crippen molar-refractivity contribution in [2.45, 2.75) is 39.5 Å². The summed E-state index contributed by atoms with van der Waals surface area (Å²) in [5, 5.41) is 0. The molecule has 0 saturated carbocycles.